The van der Waals surface area contributed by atoms with Gasteiger partial charge >= 0.3 is 5.97 Å². The summed E-state index contributed by atoms with van der Waals surface area (Å²) in [6.07, 6.45) is 15.5. The van der Waals surface area contributed by atoms with Crippen molar-refractivity contribution in [3.05, 3.63) is 0 Å². The SMILES string of the molecule is COC(=O)CCC[C@H]1CCC2C3CCC4C[C@@H](NCCNCCNCCNCCN)CC[C@]4(C)C3CC[C@@]21C. The van der Waals surface area contributed by atoms with Crippen molar-refractivity contribution in [1.82, 2.24) is 21.3 Å². The maximum Gasteiger partial charge on any atom is 0.305 e. The van der Waals surface area contributed by atoms with E-state index in [0.717, 1.165) is 81.8 Å². The number of carbonyl (C=O) groups excluding carboxylic acids is 1. The minimum atomic E-state index is -0.0402. The van der Waals surface area contributed by atoms with Gasteiger partial charge in [-0.15, -0.1) is 0 Å². The molecule has 0 saturated heterocycles. The molecule has 4 unspecified atom stereocenters. The van der Waals surface area contributed by atoms with Crippen molar-refractivity contribution >= 4 is 5.97 Å². The van der Waals surface area contributed by atoms with Crippen LogP contribution in [-0.2, 0) is 9.53 Å². The van der Waals surface area contributed by atoms with Gasteiger partial charge in [-0.2, -0.15) is 0 Å². The van der Waals surface area contributed by atoms with Crippen molar-refractivity contribution in [3.63, 3.8) is 0 Å². The summed E-state index contributed by atoms with van der Waals surface area (Å²) in [7, 11) is 1.51. The van der Waals surface area contributed by atoms with Gasteiger partial charge in [-0.3, -0.25) is 4.79 Å². The highest BCUT2D eigenvalue weighted by molar-refractivity contribution is 5.68. The van der Waals surface area contributed by atoms with Gasteiger partial charge < -0.3 is 31.7 Å². The lowest BCUT2D eigenvalue weighted by Gasteiger charge is -2.61. The third-order valence-corrected chi connectivity index (χ3v) is 12.0. The Kier molecular flexibility index (Phi) is 12.0. The van der Waals surface area contributed by atoms with E-state index in [0.29, 0.717) is 29.8 Å². The summed E-state index contributed by atoms with van der Waals surface area (Å²) in [4.78, 5) is 11.6. The van der Waals surface area contributed by atoms with Crippen molar-refractivity contribution in [2.75, 3.05) is 59.5 Å². The standard InChI is InChI=1S/C32H61N5O2/c1-31-14-12-29-27(28(31)10-8-24(31)5-4-6-30(38)39-3)9-7-25-23-26(11-13-32(25,29)2)37-22-21-36-20-19-35-18-17-34-16-15-33/h24-29,34-37H,4-23,33H2,1-3H3/t24-,25?,26-,27?,28?,29?,31+,32-/m0/s1. The number of esters is 1. The minimum absolute atomic E-state index is 0.0402. The number of hydrogen-bond acceptors (Lipinski definition) is 7. The van der Waals surface area contributed by atoms with Crippen LogP contribution in [-0.4, -0.2) is 71.5 Å². The van der Waals surface area contributed by atoms with Gasteiger partial charge in [-0.25, -0.2) is 0 Å². The highest BCUT2D eigenvalue weighted by Gasteiger charge is 2.59. The quantitative estimate of drug-likeness (QED) is 0.148. The van der Waals surface area contributed by atoms with E-state index in [-0.39, 0.29) is 5.97 Å². The van der Waals surface area contributed by atoms with Gasteiger partial charge in [-0.05, 0) is 111 Å². The number of hydrogen-bond donors (Lipinski definition) is 5. The van der Waals surface area contributed by atoms with Gasteiger partial charge in [0.1, 0.15) is 0 Å². The van der Waals surface area contributed by atoms with Crippen molar-refractivity contribution < 1.29 is 9.53 Å². The molecule has 4 fully saturated rings. The average Bonchev–Trinajstić information content (AvgIpc) is 3.27. The first-order valence-electron chi connectivity index (χ1n) is 16.5. The maximum absolute atomic E-state index is 11.6. The molecular formula is C32H61N5O2. The van der Waals surface area contributed by atoms with Gasteiger partial charge in [0.15, 0.2) is 0 Å². The van der Waals surface area contributed by atoms with Gasteiger partial charge in [0.25, 0.3) is 0 Å². The fourth-order valence-corrected chi connectivity index (χ4v) is 9.82. The molecule has 0 bridgehead atoms. The van der Waals surface area contributed by atoms with Crippen molar-refractivity contribution in [2.24, 2.45) is 46.2 Å². The van der Waals surface area contributed by atoms with Crippen LogP contribution in [0.2, 0.25) is 0 Å². The fourth-order valence-electron chi connectivity index (χ4n) is 9.82. The number of nitrogens with two attached hydrogens (primary N) is 1. The van der Waals surface area contributed by atoms with E-state index in [1.54, 1.807) is 0 Å². The molecule has 0 aliphatic heterocycles. The number of carbonyl (C=O) groups is 1. The Morgan fingerprint density at radius 2 is 1.49 bits per heavy atom. The topological polar surface area (TPSA) is 100 Å². The monoisotopic (exact) mass is 547 g/mol. The van der Waals surface area contributed by atoms with Crippen LogP contribution in [0.5, 0.6) is 0 Å². The van der Waals surface area contributed by atoms with Crippen LogP contribution in [0.3, 0.4) is 0 Å². The second kappa shape index (κ2) is 14.9. The molecule has 7 heteroatoms. The van der Waals surface area contributed by atoms with Gasteiger partial charge in [0, 0.05) is 64.8 Å². The molecule has 0 aromatic heterocycles. The van der Waals surface area contributed by atoms with Crippen molar-refractivity contribution in [1.29, 1.82) is 0 Å². The second-order valence-corrected chi connectivity index (χ2v) is 13.9. The third kappa shape index (κ3) is 7.57. The minimum Gasteiger partial charge on any atom is -0.469 e. The van der Waals surface area contributed by atoms with Crippen molar-refractivity contribution in [2.45, 2.75) is 96.9 Å². The third-order valence-electron chi connectivity index (χ3n) is 12.0. The van der Waals surface area contributed by atoms with E-state index in [1.165, 1.54) is 71.3 Å². The average molecular weight is 548 g/mol. The van der Waals surface area contributed by atoms with Gasteiger partial charge in [0.05, 0.1) is 7.11 Å². The van der Waals surface area contributed by atoms with Gasteiger partial charge in [0.2, 0.25) is 0 Å². The molecule has 0 heterocycles. The molecule has 0 radical (unpaired) electrons. The molecule has 0 spiro atoms. The molecule has 0 amide bonds. The van der Waals surface area contributed by atoms with Gasteiger partial charge in [-0.1, -0.05) is 13.8 Å². The molecule has 0 aromatic rings. The first kappa shape index (κ1) is 31.2. The zero-order valence-corrected chi connectivity index (χ0v) is 25.5. The van der Waals surface area contributed by atoms with Crippen LogP contribution in [0.15, 0.2) is 0 Å². The Hall–Kier alpha value is -0.730. The lowest BCUT2D eigenvalue weighted by atomic mass is 9.44. The Morgan fingerprint density at radius 1 is 0.821 bits per heavy atom. The summed E-state index contributed by atoms with van der Waals surface area (Å²) in [5, 5.41) is 14.3. The second-order valence-electron chi connectivity index (χ2n) is 13.9. The normalized spacial score (nSPS) is 37.6. The zero-order valence-electron chi connectivity index (χ0n) is 25.5. The summed E-state index contributed by atoms with van der Waals surface area (Å²) in [5.41, 5.74) is 6.55. The molecule has 4 aliphatic carbocycles. The lowest BCUT2D eigenvalue weighted by molar-refractivity contribution is -0.141. The molecule has 4 saturated carbocycles. The Bertz CT molecular complexity index is 752. The number of nitrogens with one attached hydrogen (secondary N) is 4. The summed E-state index contributed by atoms with van der Waals surface area (Å²) in [5.74, 6) is 4.45. The summed E-state index contributed by atoms with van der Waals surface area (Å²) >= 11 is 0. The highest BCUT2D eigenvalue weighted by atomic mass is 16.5. The molecule has 4 aliphatic rings. The van der Waals surface area contributed by atoms with Crippen LogP contribution in [0.25, 0.3) is 0 Å². The fraction of sp³-hybridized carbons (Fsp3) is 0.969. The predicted octanol–water partition coefficient (Wildman–Crippen LogP) is 3.67. The molecule has 0 aromatic carbocycles. The van der Waals surface area contributed by atoms with E-state index >= 15 is 0 Å². The zero-order chi connectivity index (χ0) is 27.7. The Balaban J connectivity index is 1.16. The summed E-state index contributed by atoms with van der Waals surface area (Å²) in [6.45, 7) is 13.1. The molecule has 8 atom stereocenters. The van der Waals surface area contributed by atoms with E-state index in [9.17, 15) is 4.79 Å². The maximum atomic E-state index is 11.6. The van der Waals surface area contributed by atoms with E-state index in [2.05, 4.69) is 35.1 Å². The largest absolute Gasteiger partial charge is 0.469 e. The van der Waals surface area contributed by atoms with E-state index in [1.807, 2.05) is 0 Å². The predicted molar refractivity (Wildman–Crippen MR) is 161 cm³/mol. The first-order chi connectivity index (χ1) is 18.9. The van der Waals surface area contributed by atoms with Crippen LogP contribution in [0.4, 0.5) is 0 Å². The number of methoxy groups -OCH3 is 1. The molecule has 4 rings (SSSR count). The Labute approximate surface area is 239 Å². The van der Waals surface area contributed by atoms with E-state index in [4.69, 9.17) is 10.5 Å². The molecule has 39 heavy (non-hydrogen) atoms. The smallest absolute Gasteiger partial charge is 0.305 e. The van der Waals surface area contributed by atoms with Crippen molar-refractivity contribution in [3.8, 4) is 0 Å². The van der Waals surface area contributed by atoms with E-state index < -0.39 is 0 Å². The number of ether oxygens (including phenoxy) is 1. The Morgan fingerprint density at radius 3 is 2.21 bits per heavy atom. The molecule has 6 N–H and O–H groups in total. The first-order valence-corrected chi connectivity index (χ1v) is 16.5. The van der Waals surface area contributed by atoms with Crippen LogP contribution < -0.4 is 27.0 Å². The molecular weight excluding hydrogens is 486 g/mol. The summed E-state index contributed by atoms with van der Waals surface area (Å²) in [6, 6.07) is 0.702. The molecule has 7 nitrogen and oxygen atoms in total. The van der Waals surface area contributed by atoms with Crippen LogP contribution in [0.1, 0.15) is 90.9 Å². The lowest BCUT2D eigenvalue weighted by Crippen LogP contribution is -2.55. The summed E-state index contributed by atoms with van der Waals surface area (Å²) < 4.78 is 4.89. The number of fused-ring (bicyclic) bond motifs is 5. The van der Waals surface area contributed by atoms with Crippen LogP contribution >= 0.6 is 0 Å². The number of rotatable bonds is 16. The van der Waals surface area contributed by atoms with Crippen LogP contribution in [0, 0.1) is 40.4 Å². The highest BCUT2D eigenvalue weighted by Crippen LogP contribution is 2.67. The molecule has 226 valence electrons.